The summed E-state index contributed by atoms with van der Waals surface area (Å²) in [6.45, 7) is 3.86. The molecule has 1 aliphatic carbocycles. The van der Waals surface area contributed by atoms with Crippen LogP contribution in [0.2, 0.25) is 5.02 Å². The summed E-state index contributed by atoms with van der Waals surface area (Å²) < 4.78 is 13.4. The molecule has 1 N–H and O–H groups in total. The number of halogens is 2. The fourth-order valence-electron chi connectivity index (χ4n) is 3.47. The quantitative estimate of drug-likeness (QED) is 0.881. The fraction of sp³-hybridized carbons (Fsp3) is 0.647. The van der Waals surface area contributed by atoms with Gasteiger partial charge in [0.1, 0.15) is 5.82 Å². The highest BCUT2D eigenvalue weighted by Crippen LogP contribution is 2.35. The molecule has 0 aliphatic heterocycles. The van der Waals surface area contributed by atoms with Crippen molar-refractivity contribution in [3.63, 3.8) is 0 Å². The zero-order valence-corrected chi connectivity index (χ0v) is 14.0. The van der Waals surface area contributed by atoms with Gasteiger partial charge in [-0.3, -0.25) is 0 Å². The Morgan fingerprint density at radius 2 is 2.19 bits per heavy atom. The van der Waals surface area contributed by atoms with Crippen molar-refractivity contribution in [2.45, 2.75) is 44.7 Å². The van der Waals surface area contributed by atoms with E-state index in [2.05, 4.69) is 31.2 Å². The van der Waals surface area contributed by atoms with Crippen LogP contribution < -0.4 is 5.32 Å². The molecule has 0 spiro atoms. The minimum atomic E-state index is -0.343. The molecule has 2 atom stereocenters. The van der Waals surface area contributed by atoms with Crippen molar-refractivity contribution in [2.75, 3.05) is 20.6 Å². The van der Waals surface area contributed by atoms with Crippen molar-refractivity contribution in [3.8, 4) is 0 Å². The van der Waals surface area contributed by atoms with Gasteiger partial charge in [-0.1, -0.05) is 43.5 Å². The second-order valence-electron chi connectivity index (χ2n) is 6.64. The van der Waals surface area contributed by atoms with Gasteiger partial charge in [0.2, 0.25) is 0 Å². The van der Waals surface area contributed by atoms with Gasteiger partial charge in [-0.25, -0.2) is 4.39 Å². The largest absolute Gasteiger partial charge is 0.311 e. The molecule has 21 heavy (non-hydrogen) atoms. The van der Waals surface area contributed by atoms with Gasteiger partial charge in [-0.2, -0.15) is 0 Å². The van der Waals surface area contributed by atoms with E-state index in [0.717, 1.165) is 18.0 Å². The van der Waals surface area contributed by atoms with E-state index in [1.807, 2.05) is 6.07 Å². The summed E-state index contributed by atoms with van der Waals surface area (Å²) in [6, 6.07) is 4.99. The highest BCUT2D eigenvalue weighted by atomic mass is 35.5. The number of rotatable bonds is 5. The second-order valence-corrected chi connectivity index (χ2v) is 7.01. The third kappa shape index (κ3) is 3.97. The summed E-state index contributed by atoms with van der Waals surface area (Å²) in [5, 5.41) is 3.73. The number of nitrogens with one attached hydrogen (secondary N) is 1. The lowest BCUT2D eigenvalue weighted by Crippen LogP contribution is -2.54. The van der Waals surface area contributed by atoms with Gasteiger partial charge in [0, 0.05) is 18.6 Å². The highest BCUT2D eigenvalue weighted by molar-refractivity contribution is 6.31. The number of hydrogen-bond donors (Lipinski definition) is 1. The van der Waals surface area contributed by atoms with Crippen LogP contribution in [0, 0.1) is 11.7 Å². The normalized spacial score (nSPS) is 26.3. The van der Waals surface area contributed by atoms with E-state index in [0.29, 0.717) is 6.54 Å². The molecular weight excluding hydrogens is 287 g/mol. The first-order chi connectivity index (χ1) is 9.94. The SMILES string of the molecule is CC1CCCC(CNCc2cccc(F)c2Cl)(N(C)C)C1. The maximum absolute atomic E-state index is 13.4. The van der Waals surface area contributed by atoms with Crippen LogP contribution >= 0.6 is 11.6 Å². The third-order valence-corrected chi connectivity index (χ3v) is 5.24. The Morgan fingerprint density at radius 3 is 2.86 bits per heavy atom. The molecule has 0 amide bonds. The molecule has 2 nitrogen and oxygen atoms in total. The van der Waals surface area contributed by atoms with E-state index < -0.39 is 0 Å². The zero-order valence-electron chi connectivity index (χ0n) is 13.3. The summed E-state index contributed by atoms with van der Waals surface area (Å²) in [6.07, 6.45) is 5.03. The van der Waals surface area contributed by atoms with Crippen molar-refractivity contribution < 1.29 is 4.39 Å². The van der Waals surface area contributed by atoms with Gasteiger partial charge >= 0.3 is 0 Å². The number of likely N-dealkylation sites (N-methyl/N-ethyl adjacent to an activating group) is 1. The lowest BCUT2D eigenvalue weighted by molar-refractivity contribution is 0.0749. The Bertz CT molecular complexity index is 478. The first-order valence-electron chi connectivity index (χ1n) is 7.76. The number of benzene rings is 1. The number of nitrogens with zero attached hydrogens (tertiary/aromatic N) is 1. The average molecular weight is 313 g/mol. The molecule has 1 aromatic rings. The highest BCUT2D eigenvalue weighted by Gasteiger charge is 2.36. The van der Waals surface area contributed by atoms with E-state index in [9.17, 15) is 4.39 Å². The summed E-state index contributed by atoms with van der Waals surface area (Å²) in [4.78, 5) is 2.35. The molecule has 2 rings (SSSR count). The van der Waals surface area contributed by atoms with Crippen molar-refractivity contribution in [1.29, 1.82) is 0 Å². The first-order valence-corrected chi connectivity index (χ1v) is 8.13. The molecule has 0 saturated heterocycles. The Kier molecular flexibility index (Phi) is 5.64. The van der Waals surface area contributed by atoms with Gasteiger partial charge in [-0.05, 0) is 44.5 Å². The second kappa shape index (κ2) is 7.08. The lowest BCUT2D eigenvalue weighted by Gasteiger charge is -2.45. The third-order valence-electron chi connectivity index (χ3n) is 4.82. The van der Waals surface area contributed by atoms with E-state index in [1.165, 1.54) is 31.7 Å². The monoisotopic (exact) mass is 312 g/mol. The molecule has 1 fully saturated rings. The van der Waals surface area contributed by atoms with Crippen molar-refractivity contribution in [2.24, 2.45) is 5.92 Å². The van der Waals surface area contributed by atoms with Crippen molar-refractivity contribution in [1.82, 2.24) is 10.2 Å². The molecule has 0 radical (unpaired) electrons. The van der Waals surface area contributed by atoms with Gasteiger partial charge < -0.3 is 10.2 Å². The van der Waals surface area contributed by atoms with Crippen molar-refractivity contribution in [3.05, 3.63) is 34.6 Å². The van der Waals surface area contributed by atoms with Gasteiger partial charge in [0.15, 0.2) is 0 Å². The molecule has 118 valence electrons. The van der Waals surface area contributed by atoms with Crippen LogP contribution in [0.25, 0.3) is 0 Å². The molecular formula is C17H26ClFN2. The predicted molar refractivity (Wildman–Crippen MR) is 87.2 cm³/mol. The maximum atomic E-state index is 13.4. The fourth-order valence-corrected chi connectivity index (χ4v) is 3.66. The van der Waals surface area contributed by atoms with Crippen molar-refractivity contribution >= 4 is 11.6 Å². The molecule has 1 aromatic carbocycles. The van der Waals surface area contributed by atoms with Crippen LogP contribution in [0.1, 0.15) is 38.2 Å². The van der Waals surface area contributed by atoms with Crippen LogP contribution in [-0.2, 0) is 6.54 Å². The Morgan fingerprint density at radius 1 is 1.43 bits per heavy atom. The van der Waals surface area contributed by atoms with Crippen LogP contribution in [0.4, 0.5) is 4.39 Å². The maximum Gasteiger partial charge on any atom is 0.142 e. The molecule has 4 heteroatoms. The standard InChI is InChI=1S/C17H26ClFN2/c1-13-6-5-9-17(10-13,21(2)3)12-20-11-14-7-4-8-15(19)16(14)18/h4,7-8,13,20H,5-6,9-12H2,1-3H3. The summed E-state index contributed by atoms with van der Waals surface area (Å²) in [7, 11) is 4.32. The summed E-state index contributed by atoms with van der Waals surface area (Å²) in [5.41, 5.74) is 1.03. The number of hydrogen-bond acceptors (Lipinski definition) is 2. The molecule has 2 unspecified atom stereocenters. The summed E-state index contributed by atoms with van der Waals surface area (Å²) in [5.74, 6) is 0.422. The van der Waals surface area contributed by atoms with E-state index in [4.69, 9.17) is 11.6 Å². The molecule has 1 saturated carbocycles. The van der Waals surface area contributed by atoms with E-state index in [1.54, 1.807) is 6.07 Å². The Balaban J connectivity index is 1.98. The Hall–Kier alpha value is -0.640. The molecule has 0 bridgehead atoms. The molecule has 0 heterocycles. The first kappa shape index (κ1) is 16.7. The minimum absolute atomic E-state index is 0.206. The van der Waals surface area contributed by atoms with Gasteiger partial charge in [0.25, 0.3) is 0 Å². The Labute approximate surface area is 132 Å². The van der Waals surface area contributed by atoms with E-state index in [-0.39, 0.29) is 16.4 Å². The lowest BCUT2D eigenvalue weighted by atomic mass is 9.75. The van der Waals surface area contributed by atoms with Crippen LogP contribution in [0.15, 0.2) is 18.2 Å². The van der Waals surface area contributed by atoms with Crippen LogP contribution in [0.3, 0.4) is 0 Å². The average Bonchev–Trinajstić information content (AvgIpc) is 2.43. The molecule has 0 aromatic heterocycles. The molecule has 1 aliphatic rings. The minimum Gasteiger partial charge on any atom is -0.311 e. The van der Waals surface area contributed by atoms with Gasteiger partial charge in [-0.15, -0.1) is 0 Å². The van der Waals surface area contributed by atoms with Gasteiger partial charge in [0.05, 0.1) is 5.02 Å². The van der Waals surface area contributed by atoms with Crippen LogP contribution in [-0.4, -0.2) is 31.1 Å². The smallest absolute Gasteiger partial charge is 0.142 e. The summed E-state index contributed by atoms with van der Waals surface area (Å²) >= 11 is 6.01. The van der Waals surface area contributed by atoms with E-state index >= 15 is 0 Å². The predicted octanol–water partition coefficient (Wildman–Crippen LogP) is 4.08. The zero-order chi connectivity index (χ0) is 15.5. The topological polar surface area (TPSA) is 15.3 Å². The van der Waals surface area contributed by atoms with Crippen LogP contribution in [0.5, 0.6) is 0 Å².